The van der Waals surface area contributed by atoms with Crippen molar-refractivity contribution in [3.8, 4) is 0 Å². The van der Waals surface area contributed by atoms with Gasteiger partial charge in [-0.05, 0) is 37.0 Å². The molecule has 0 radical (unpaired) electrons. The highest BCUT2D eigenvalue weighted by atomic mass is 19.4. The number of halogens is 3. The van der Waals surface area contributed by atoms with Gasteiger partial charge in [0.15, 0.2) is 0 Å². The molecular weight excluding hydrogens is 333 g/mol. The number of β-amino-alcohol motifs (C(OH)–C–C–N with tert-alkyl or cyclic N) is 1. The molecule has 2 heterocycles. The van der Waals surface area contributed by atoms with E-state index < -0.39 is 17.8 Å². The summed E-state index contributed by atoms with van der Waals surface area (Å²) in [6.07, 6.45) is -0.647. The minimum absolute atomic E-state index is 0.251. The molecule has 0 unspecified atom stereocenters. The molecular formula is C18H19F3N2O2. The van der Waals surface area contributed by atoms with Crippen LogP contribution in [0.1, 0.15) is 53.7 Å². The summed E-state index contributed by atoms with van der Waals surface area (Å²) in [5, 5.41) is 14.0. The molecule has 7 heteroatoms. The zero-order valence-corrected chi connectivity index (χ0v) is 13.5. The lowest BCUT2D eigenvalue weighted by atomic mass is 10.0. The molecule has 0 spiro atoms. The van der Waals surface area contributed by atoms with Crippen LogP contribution in [-0.2, 0) is 12.7 Å². The van der Waals surface area contributed by atoms with Crippen molar-refractivity contribution in [2.24, 2.45) is 0 Å². The van der Waals surface area contributed by atoms with Crippen LogP contribution in [0.4, 0.5) is 13.2 Å². The molecule has 1 aromatic carbocycles. The highest BCUT2D eigenvalue weighted by Crippen LogP contribution is 2.43. The van der Waals surface area contributed by atoms with Crippen LogP contribution in [0, 0.1) is 0 Å². The predicted molar refractivity (Wildman–Crippen MR) is 83.7 cm³/mol. The molecule has 0 amide bonds. The summed E-state index contributed by atoms with van der Waals surface area (Å²) in [4.78, 5) is 2.01. The second-order valence-electron chi connectivity index (χ2n) is 6.95. The van der Waals surface area contributed by atoms with E-state index in [1.165, 1.54) is 12.1 Å². The average molecular weight is 352 g/mol. The van der Waals surface area contributed by atoms with Gasteiger partial charge in [-0.3, -0.25) is 4.90 Å². The number of likely N-dealkylation sites (tertiary alicyclic amines) is 1. The number of aliphatic hydroxyl groups is 1. The molecule has 1 aliphatic heterocycles. The second kappa shape index (κ2) is 6.14. The first kappa shape index (κ1) is 16.6. The second-order valence-corrected chi connectivity index (χ2v) is 6.95. The monoisotopic (exact) mass is 352 g/mol. The Labute approximate surface area is 143 Å². The summed E-state index contributed by atoms with van der Waals surface area (Å²) in [7, 11) is 0. The van der Waals surface area contributed by atoms with Crippen LogP contribution in [0.25, 0.3) is 0 Å². The standard InChI is InChI=1S/C18H19F3N2O2/c19-18(20,21)14-3-1-2-12(6-14)16-7-15(24)10-23(16)9-13-8-22-25-17(13)11-4-5-11/h1-3,6,8,11,15-16,24H,4-5,7,9-10H2/t15-,16-/m0/s1. The molecule has 4 nitrogen and oxygen atoms in total. The van der Waals surface area contributed by atoms with Crippen molar-refractivity contribution in [3.05, 3.63) is 52.9 Å². The quantitative estimate of drug-likeness (QED) is 0.907. The maximum absolute atomic E-state index is 13.0. The lowest BCUT2D eigenvalue weighted by Crippen LogP contribution is -2.24. The molecule has 2 aliphatic rings. The third-order valence-electron chi connectivity index (χ3n) is 4.98. The van der Waals surface area contributed by atoms with E-state index in [-0.39, 0.29) is 6.04 Å². The number of rotatable bonds is 4. The highest BCUT2D eigenvalue weighted by Gasteiger charge is 2.37. The molecule has 1 saturated heterocycles. The van der Waals surface area contributed by atoms with E-state index in [9.17, 15) is 18.3 Å². The smallest absolute Gasteiger partial charge is 0.392 e. The maximum atomic E-state index is 13.0. The Morgan fingerprint density at radius 3 is 2.80 bits per heavy atom. The fourth-order valence-electron chi connectivity index (χ4n) is 3.61. The van der Waals surface area contributed by atoms with Crippen LogP contribution in [0.5, 0.6) is 0 Å². The first-order valence-electron chi connectivity index (χ1n) is 8.44. The van der Waals surface area contributed by atoms with Gasteiger partial charge in [-0.2, -0.15) is 13.2 Å². The van der Waals surface area contributed by atoms with Crippen molar-refractivity contribution in [1.82, 2.24) is 10.1 Å². The van der Waals surface area contributed by atoms with Crippen LogP contribution in [0.15, 0.2) is 35.0 Å². The number of alkyl halides is 3. The topological polar surface area (TPSA) is 49.5 Å². The number of aromatic nitrogens is 1. The van der Waals surface area contributed by atoms with Crippen molar-refractivity contribution in [2.45, 2.75) is 50.0 Å². The van der Waals surface area contributed by atoms with Gasteiger partial charge in [0, 0.05) is 30.6 Å². The Bertz CT molecular complexity index is 755. The van der Waals surface area contributed by atoms with Crippen LogP contribution in [0.2, 0.25) is 0 Å². The zero-order valence-electron chi connectivity index (χ0n) is 13.5. The summed E-state index contributed by atoms with van der Waals surface area (Å²) in [6.45, 7) is 0.948. The van der Waals surface area contributed by atoms with Crippen molar-refractivity contribution in [2.75, 3.05) is 6.54 Å². The third kappa shape index (κ3) is 3.43. The van der Waals surface area contributed by atoms with E-state index in [4.69, 9.17) is 4.52 Å². The predicted octanol–water partition coefficient (Wildman–Crippen LogP) is 3.88. The molecule has 2 atom stereocenters. The fourth-order valence-corrected chi connectivity index (χ4v) is 3.61. The third-order valence-corrected chi connectivity index (χ3v) is 4.98. The summed E-state index contributed by atoms with van der Waals surface area (Å²) in [6, 6.07) is 5.13. The van der Waals surface area contributed by atoms with Crippen molar-refractivity contribution in [3.63, 3.8) is 0 Å². The molecule has 1 saturated carbocycles. The Morgan fingerprint density at radius 1 is 1.28 bits per heavy atom. The van der Waals surface area contributed by atoms with Crippen LogP contribution in [0.3, 0.4) is 0 Å². The highest BCUT2D eigenvalue weighted by molar-refractivity contribution is 5.29. The number of nitrogens with zero attached hydrogens (tertiary/aromatic N) is 2. The first-order valence-corrected chi connectivity index (χ1v) is 8.44. The van der Waals surface area contributed by atoms with Crippen molar-refractivity contribution in [1.29, 1.82) is 0 Å². The number of hydrogen-bond acceptors (Lipinski definition) is 4. The zero-order chi connectivity index (χ0) is 17.6. The number of aliphatic hydroxyl groups excluding tert-OH is 1. The van der Waals surface area contributed by atoms with E-state index in [0.29, 0.717) is 31.0 Å². The van der Waals surface area contributed by atoms with Gasteiger partial charge < -0.3 is 9.63 Å². The van der Waals surface area contributed by atoms with Gasteiger partial charge in [0.05, 0.1) is 17.9 Å². The first-order chi connectivity index (χ1) is 11.9. The van der Waals surface area contributed by atoms with Gasteiger partial charge in [0.2, 0.25) is 0 Å². The maximum Gasteiger partial charge on any atom is 0.416 e. The summed E-state index contributed by atoms with van der Waals surface area (Å²) in [5.74, 6) is 1.29. The molecule has 2 aromatic rings. The fraction of sp³-hybridized carbons (Fsp3) is 0.500. The van der Waals surface area contributed by atoms with Crippen LogP contribution < -0.4 is 0 Å². The lowest BCUT2D eigenvalue weighted by molar-refractivity contribution is -0.137. The van der Waals surface area contributed by atoms with Gasteiger partial charge in [0.1, 0.15) is 5.76 Å². The van der Waals surface area contributed by atoms with Crippen molar-refractivity contribution >= 4 is 0 Å². The van der Waals surface area contributed by atoms with E-state index >= 15 is 0 Å². The van der Waals surface area contributed by atoms with E-state index in [1.807, 2.05) is 4.90 Å². The normalized spacial score (nSPS) is 24.8. The molecule has 25 heavy (non-hydrogen) atoms. The van der Waals surface area contributed by atoms with Crippen LogP contribution >= 0.6 is 0 Å². The van der Waals surface area contributed by atoms with E-state index in [1.54, 1.807) is 12.3 Å². The van der Waals surface area contributed by atoms with Gasteiger partial charge in [0.25, 0.3) is 0 Å². The van der Waals surface area contributed by atoms with Gasteiger partial charge in [-0.1, -0.05) is 17.3 Å². The minimum atomic E-state index is -4.37. The van der Waals surface area contributed by atoms with Crippen LogP contribution in [-0.4, -0.2) is 27.8 Å². The molecule has 0 bridgehead atoms. The molecule has 134 valence electrons. The Hall–Kier alpha value is -1.86. The van der Waals surface area contributed by atoms with Gasteiger partial charge in [-0.15, -0.1) is 0 Å². The lowest BCUT2D eigenvalue weighted by Gasteiger charge is -2.24. The SMILES string of the molecule is O[C@H]1C[C@@H](c2cccc(C(F)(F)F)c2)N(Cc2cnoc2C2CC2)C1. The number of hydrogen-bond donors (Lipinski definition) is 1. The van der Waals surface area contributed by atoms with E-state index in [2.05, 4.69) is 5.16 Å². The Kier molecular flexibility index (Phi) is 4.08. The summed E-state index contributed by atoms with van der Waals surface area (Å²) < 4.78 is 44.3. The Morgan fingerprint density at radius 2 is 2.08 bits per heavy atom. The molecule has 1 aliphatic carbocycles. The summed E-state index contributed by atoms with van der Waals surface area (Å²) in [5.41, 5.74) is 0.888. The number of benzene rings is 1. The van der Waals surface area contributed by atoms with E-state index in [0.717, 1.165) is 30.2 Å². The Balaban J connectivity index is 1.58. The minimum Gasteiger partial charge on any atom is -0.392 e. The molecule has 1 N–H and O–H groups in total. The van der Waals surface area contributed by atoms with Gasteiger partial charge in [-0.25, -0.2) is 0 Å². The molecule has 2 fully saturated rings. The average Bonchev–Trinajstić information content (AvgIpc) is 3.19. The molecule has 1 aromatic heterocycles. The van der Waals surface area contributed by atoms with Gasteiger partial charge >= 0.3 is 6.18 Å². The summed E-state index contributed by atoms with van der Waals surface area (Å²) >= 11 is 0. The van der Waals surface area contributed by atoms with Crippen molar-refractivity contribution < 1.29 is 22.8 Å². The molecule has 4 rings (SSSR count). The largest absolute Gasteiger partial charge is 0.416 e.